The lowest BCUT2D eigenvalue weighted by Gasteiger charge is -2.35. The molecule has 2 aromatic rings. The molecule has 0 aliphatic carbocycles. The molecule has 1 atom stereocenters. The molecule has 11 heteroatoms. The van der Waals surface area contributed by atoms with Crippen molar-refractivity contribution in [3.8, 4) is 0 Å². The first-order chi connectivity index (χ1) is 13.2. The normalized spacial score (nSPS) is 17.4. The second kappa shape index (κ2) is 8.08. The van der Waals surface area contributed by atoms with E-state index in [4.69, 9.17) is 4.74 Å². The van der Waals surface area contributed by atoms with Crippen molar-refractivity contribution in [2.24, 2.45) is 0 Å². The fourth-order valence-corrected chi connectivity index (χ4v) is 3.45. The second-order valence-corrected chi connectivity index (χ2v) is 6.90. The largest absolute Gasteiger partial charge is 0.524 e. The van der Waals surface area contributed by atoms with Gasteiger partial charge in [-0.3, -0.25) is 14.6 Å². The van der Waals surface area contributed by atoms with Crippen molar-refractivity contribution in [1.82, 2.24) is 19.6 Å². The molecule has 1 unspecified atom stereocenters. The van der Waals surface area contributed by atoms with Crippen molar-refractivity contribution in [3.63, 3.8) is 0 Å². The molecule has 0 bridgehead atoms. The van der Waals surface area contributed by atoms with Gasteiger partial charge in [-0.05, 0) is 33.1 Å². The molecule has 0 aromatic carbocycles. The maximum absolute atomic E-state index is 12.8. The lowest BCUT2D eigenvalue weighted by atomic mass is 10.1. The van der Waals surface area contributed by atoms with E-state index < -0.39 is 12.7 Å². The van der Waals surface area contributed by atoms with Gasteiger partial charge in [0.25, 0.3) is 11.3 Å². The zero-order valence-electron chi connectivity index (χ0n) is 16.0. The Morgan fingerprint density at radius 3 is 2.54 bits per heavy atom. The topological polar surface area (TPSA) is 84.8 Å². The van der Waals surface area contributed by atoms with E-state index in [9.17, 15) is 18.0 Å². The smallest absolute Gasteiger partial charge is 0.365 e. The Balaban J connectivity index is 1.68. The van der Waals surface area contributed by atoms with Gasteiger partial charge in [0, 0.05) is 13.1 Å². The zero-order chi connectivity index (χ0) is 20.5. The summed E-state index contributed by atoms with van der Waals surface area (Å²) in [5.74, 6) is 0.897. The molecule has 28 heavy (non-hydrogen) atoms. The van der Waals surface area contributed by atoms with Crippen LogP contribution in [-0.2, 0) is 9.47 Å². The molecule has 1 aliphatic rings. The summed E-state index contributed by atoms with van der Waals surface area (Å²) in [5, 5.41) is 2.86. The Bertz CT molecular complexity index is 871. The maximum atomic E-state index is 12.8. The van der Waals surface area contributed by atoms with Gasteiger partial charge in [-0.25, -0.2) is 4.98 Å². The summed E-state index contributed by atoms with van der Waals surface area (Å²) in [5.41, 5.74) is 0.795. The number of ether oxygens (including phenoxy) is 2. The molecule has 8 nitrogen and oxygen atoms in total. The Kier molecular flexibility index (Phi) is 5.94. The van der Waals surface area contributed by atoms with Crippen LogP contribution in [0.25, 0.3) is 5.78 Å². The zero-order valence-corrected chi connectivity index (χ0v) is 16.0. The van der Waals surface area contributed by atoms with Crippen LogP contribution in [-0.4, -0.2) is 51.4 Å². The van der Waals surface area contributed by atoms with Crippen molar-refractivity contribution in [1.29, 1.82) is 0 Å². The minimum Gasteiger partial charge on any atom is -0.365 e. The Morgan fingerprint density at radius 2 is 1.93 bits per heavy atom. The lowest BCUT2D eigenvalue weighted by molar-refractivity contribution is -0.384. The number of anilines is 1. The molecule has 1 saturated heterocycles. The van der Waals surface area contributed by atoms with Gasteiger partial charge in [0.15, 0.2) is 6.29 Å². The Hall–Kier alpha value is -2.14. The molecule has 0 saturated carbocycles. The highest BCUT2D eigenvalue weighted by atomic mass is 19.4. The number of rotatable bonds is 6. The molecule has 156 valence electrons. The van der Waals surface area contributed by atoms with E-state index in [1.165, 1.54) is 4.52 Å². The van der Waals surface area contributed by atoms with E-state index in [0.717, 1.165) is 0 Å². The first kappa shape index (κ1) is 20.6. The van der Waals surface area contributed by atoms with Crippen LogP contribution in [0, 0.1) is 13.8 Å². The number of aromatic nitrogens is 4. The first-order valence-corrected chi connectivity index (χ1v) is 9.29. The predicted octanol–water partition coefficient (Wildman–Crippen LogP) is 2.68. The number of aromatic amines is 1. The summed E-state index contributed by atoms with van der Waals surface area (Å²) in [7, 11) is 0. The van der Waals surface area contributed by atoms with Crippen LogP contribution >= 0.6 is 0 Å². The molecule has 0 spiro atoms. The monoisotopic (exact) mass is 403 g/mol. The highest BCUT2D eigenvalue weighted by Gasteiger charge is 2.35. The molecule has 1 aliphatic heterocycles. The highest BCUT2D eigenvalue weighted by Crippen LogP contribution is 2.26. The average molecular weight is 403 g/mol. The van der Waals surface area contributed by atoms with Gasteiger partial charge < -0.3 is 9.64 Å². The van der Waals surface area contributed by atoms with E-state index in [1.54, 1.807) is 20.8 Å². The summed E-state index contributed by atoms with van der Waals surface area (Å²) >= 11 is 0. The number of nitrogens with one attached hydrogen (secondary N) is 1. The van der Waals surface area contributed by atoms with E-state index in [-0.39, 0.29) is 18.1 Å². The van der Waals surface area contributed by atoms with Gasteiger partial charge in [-0.2, -0.15) is 9.50 Å². The van der Waals surface area contributed by atoms with Gasteiger partial charge in [-0.1, -0.05) is 13.3 Å². The van der Waals surface area contributed by atoms with Crippen LogP contribution in [0.5, 0.6) is 0 Å². The standard InChI is InChI=1S/C17H24F3N5O3/c1-4-5-13(28-17(18,19)20)27-12-6-8-24(9-7-12)14-10(2)21-16-22-11(3)23-25(16)15(14)26/h12-13H,4-9H2,1-3H3,(H,21,22,23). The number of halogens is 3. The summed E-state index contributed by atoms with van der Waals surface area (Å²) in [6.07, 6.45) is -4.72. The fraction of sp³-hybridized carbons (Fsp3) is 0.706. The number of piperidine rings is 1. The third kappa shape index (κ3) is 4.64. The highest BCUT2D eigenvalue weighted by molar-refractivity contribution is 5.52. The number of fused-ring (bicyclic) bond motifs is 1. The fourth-order valence-electron chi connectivity index (χ4n) is 3.45. The van der Waals surface area contributed by atoms with Crippen molar-refractivity contribution in [2.75, 3.05) is 18.0 Å². The molecular formula is C17H24F3N5O3. The van der Waals surface area contributed by atoms with Crippen molar-refractivity contribution >= 4 is 11.5 Å². The second-order valence-electron chi connectivity index (χ2n) is 6.90. The van der Waals surface area contributed by atoms with Gasteiger partial charge in [0.05, 0.1) is 11.8 Å². The number of hydrogen-bond donors (Lipinski definition) is 1. The predicted molar refractivity (Wildman–Crippen MR) is 95.2 cm³/mol. The van der Waals surface area contributed by atoms with Crippen LogP contribution in [0.2, 0.25) is 0 Å². The summed E-state index contributed by atoms with van der Waals surface area (Å²) in [4.78, 5) is 23.2. The molecule has 0 radical (unpaired) electrons. The lowest BCUT2D eigenvalue weighted by Crippen LogP contribution is -2.42. The first-order valence-electron chi connectivity index (χ1n) is 9.29. The summed E-state index contributed by atoms with van der Waals surface area (Å²) < 4.78 is 48.5. The molecule has 1 fully saturated rings. The van der Waals surface area contributed by atoms with E-state index in [1.807, 2.05) is 4.90 Å². The maximum Gasteiger partial charge on any atom is 0.524 e. The molecular weight excluding hydrogens is 379 g/mol. The van der Waals surface area contributed by atoms with Crippen LogP contribution in [0.4, 0.5) is 18.9 Å². The number of hydrogen-bond acceptors (Lipinski definition) is 6. The molecule has 3 heterocycles. The number of nitrogens with zero attached hydrogens (tertiary/aromatic N) is 4. The minimum atomic E-state index is -4.73. The summed E-state index contributed by atoms with van der Waals surface area (Å²) in [6.45, 7) is 6.22. The summed E-state index contributed by atoms with van der Waals surface area (Å²) in [6, 6.07) is 0. The van der Waals surface area contributed by atoms with Crippen molar-refractivity contribution in [3.05, 3.63) is 21.9 Å². The van der Waals surface area contributed by atoms with Gasteiger partial charge in [0.2, 0.25) is 0 Å². The van der Waals surface area contributed by atoms with Crippen molar-refractivity contribution in [2.45, 2.75) is 65.2 Å². The average Bonchev–Trinajstić information content (AvgIpc) is 2.95. The number of alkyl halides is 3. The molecule has 3 rings (SSSR count). The van der Waals surface area contributed by atoms with Gasteiger partial charge in [-0.15, -0.1) is 13.2 Å². The van der Waals surface area contributed by atoms with Crippen molar-refractivity contribution < 1.29 is 22.6 Å². The third-order valence-corrected chi connectivity index (χ3v) is 4.65. The SMILES string of the molecule is CCCC(OC1CCN(c2c(C)nc3nc(C)[nH]n3c2=O)CC1)OC(F)(F)F. The van der Waals surface area contributed by atoms with Crippen LogP contribution < -0.4 is 10.5 Å². The van der Waals surface area contributed by atoms with Gasteiger partial charge >= 0.3 is 6.36 Å². The van der Waals surface area contributed by atoms with E-state index >= 15 is 0 Å². The molecule has 1 N–H and O–H groups in total. The van der Waals surface area contributed by atoms with Crippen LogP contribution in [0.1, 0.15) is 44.1 Å². The van der Waals surface area contributed by atoms with Gasteiger partial charge in [0.1, 0.15) is 11.5 Å². The molecule has 0 amide bonds. The minimum absolute atomic E-state index is 0.167. The van der Waals surface area contributed by atoms with Crippen LogP contribution in [0.3, 0.4) is 0 Å². The van der Waals surface area contributed by atoms with E-state index in [2.05, 4.69) is 19.8 Å². The quantitative estimate of drug-likeness (QED) is 0.747. The number of H-pyrrole nitrogens is 1. The van der Waals surface area contributed by atoms with Crippen LogP contribution in [0.15, 0.2) is 4.79 Å². The molecule has 2 aromatic heterocycles. The third-order valence-electron chi connectivity index (χ3n) is 4.65. The number of aryl methyl sites for hydroxylation is 2. The Morgan fingerprint density at radius 1 is 1.25 bits per heavy atom. The van der Waals surface area contributed by atoms with E-state index in [0.29, 0.717) is 55.3 Å². The Labute approximate surface area is 159 Å².